The molecule has 1 aliphatic rings. The Bertz CT molecular complexity index is 1100. The van der Waals surface area contributed by atoms with E-state index in [4.69, 9.17) is 5.11 Å². The lowest BCUT2D eigenvalue weighted by Crippen LogP contribution is -2.36. The highest BCUT2D eigenvalue weighted by atomic mass is 32.2. The van der Waals surface area contributed by atoms with Crippen LogP contribution >= 0.6 is 11.8 Å². The molecule has 3 rings (SSSR count). The Morgan fingerprint density at radius 1 is 1.17 bits per heavy atom. The van der Waals surface area contributed by atoms with E-state index in [1.54, 1.807) is 6.07 Å². The summed E-state index contributed by atoms with van der Waals surface area (Å²) in [5.41, 5.74) is 0.572. The van der Waals surface area contributed by atoms with Crippen molar-refractivity contribution < 1.29 is 29.2 Å². The summed E-state index contributed by atoms with van der Waals surface area (Å²) < 4.78 is 0. The number of nitrogens with one attached hydrogen (secondary N) is 1. The number of nitrogens with zero attached hydrogens (tertiary/aromatic N) is 2. The van der Waals surface area contributed by atoms with Crippen molar-refractivity contribution >= 4 is 52.2 Å². The Balaban J connectivity index is 1.68. The second-order valence-corrected chi connectivity index (χ2v) is 7.04. The summed E-state index contributed by atoms with van der Waals surface area (Å²) in [6, 6.07) is 11.0. The predicted octanol–water partition coefficient (Wildman–Crippen LogP) is 2.97. The number of hydrogen-bond acceptors (Lipinski definition) is 7. The van der Waals surface area contributed by atoms with E-state index >= 15 is 0 Å². The lowest BCUT2D eigenvalue weighted by atomic mass is 10.2. The molecule has 1 aliphatic heterocycles. The van der Waals surface area contributed by atoms with Gasteiger partial charge in [-0.1, -0.05) is 12.1 Å². The molecule has 0 saturated carbocycles. The first-order chi connectivity index (χ1) is 14.2. The highest BCUT2D eigenvalue weighted by Gasteiger charge is 2.36. The van der Waals surface area contributed by atoms with Crippen LogP contribution in [-0.2, 0) is 9.59 Å². The molecule has 0 aliphatic carbocycles. The van der Waals surface area contributed by atoms with Gasteiger partial charge in [0.05, 0.1) is 15.4 Å². The van der Waals surface area contributed by atoms with Gasteiger partial charge in [0.15, 0.2) is 0 Å². The van der Waals surface area contributed by atoms with Crippen LogP contribution in [0.25, 0.3) is 6.08 Å². The van der Waals surface area contributed by atoms with Crippen molar-refractivity contribution in [1.82, 2.24) is 4.90 Å². The molecule has 0 radical (unpaired) electrons. The molecule has 152 valence electrons. The molecule has 1 heterocycles. The summed E-state index contributed by atoms with van der Waals surface area (Å²) >= 11 is 0.628. The number of carbonyl (C=O) groups excluding carboxylic acids is 3. The maximum Gasteiger partial charge on any atom is 0.335 e. The third kappa shape index (κ3) is 4.70. The summed E-state index contributed by atoms with van der Waals surface area (Å²) in [4.78, 5) is 58.7. The van der Waals surface area contributed by atoms with E-state index in [-0.39, 0.29) is 16.2 Å². The van der Waals surface area contributed by atoms with Crippen LogP contribution in [-0.4, -0.2) is 44.5 Å². The van der Waals surface area contributed by atoms with Crippen molar-refractivity contribution in [3.05, 3.63) is 74.7 Å². The number of carboxylic acid groups (broad SMARTS) is 1. The maximum absolute atomic E-state index is 12.5. The maximum atomic E-state index is 12.5. The molecule has 2 N–H and O–H groups in total. The Morgan fingerprint density at radius 2 is 1.87 bits per heavy atom. The average molecular weight is 427 g/mol. The Hall–Kier alpha value is -3.99. The topological polar surface area (TPSA) is 147 Å². The van der Waals surface area contributed by atoms with E-state index in [2.05, 4.69) is 5.32 Å². The second-order valence-electron chi connectivity index (χ2n) is 6.05. The molecular weight excluding hydrogens is 414 g/mol. The smallest absolute Gasteiger partial charge is 0.335 e. The molecule has 0 bridgehead atoms. The van der Waals surface area contributed by atoms with Gasteiger partial charge in [-0.2, -0.15) is 0 Å². The van der Waals surface area contributed by atoms with E-state index in [1.807, 2.05) is 0 Å². The standard InChI is InChI=1S/C19H13N3O7S/c23-16(20-13-6-4-12(5-7-13)18(25)26)10-21-17(24)15(30-19(21)27)9-11-2-1-3-14(8-11)22(28)29/h1-9H,10H2,(H,20,23)(H,25,26)/b15-9-. The van der Waals surface area contributed by atoms with Crippen LogP contribution in [0.4, 0.5) is 16.2 Å². The number of nitro benzene ring substituents is 1. The van der Waals surface area contributed by atoms with Gasteiger partial charge in [-0.05, 0) is 47.7 Å². The molecular formula is C19H13N3O7S. The molecule has 2 aromatic carbocycles. The van der Waals surface area contributed by atoms with Crippen LogP contribution in [0.3, 0.4) is 0 Å². The highest BCUT2D eigenvalue weighted by molar-refractivity contribution is 8.18. The number of anilines is 1. The van der Waals surface area contributed by atoms with Gasteiger partial charge in [-0.15, -0.1) is 0 Å². The van der Waals surface area contributed by atoms with Crippen LogP contribution < -0.4 is 5.32 Å². The Labute approximate surface area is 173 Å². The van der Waals surface area contributed by atoms with Crippen molar-refractivity contribution in [2.24, 2.45) is 0 Å². The molecule has 0 atom stereocenters. The number of aromatic carboxylic acids is 1. The number of imide groups is 1. The van der Waals surface area contributed by atoms with Crippen molar-refractivity contribution in [2.45, 2.75) is 0 Å². The summed E-state index contributed by atoms with van der Waals surface area (Å²) in [6.45, 7) is -0.530. The minimum absolute atomic E-state index is 0.0408. The molecule has 1 saturated heterocycles. The van der Waals surface area contributed by atoms with E-state index < -0.39 is 34.5 Å². The first kappa shape index (κ1) is 20.7. The number of nitro groups is 1. The van der Waals surface area contributed by atoms with Crippen molar-refractivity contribution in [3.63, 3.8) is 0 Å². The lowest BCUT2D eigenvalue weighted by molar-refractivity contribution is -0.384. The summed E-state index contributed by atoms with van der Waals surface area (Å²) in [5.74, 6) is -2.44. The normalized spacial score (nSPS) is 14.8. The molecule has 11 heteroatoms. The average Bonchev–Trinajstić information content (AvgIpc) is 2.96. The van der Waals surface area contributed by atoms with Gasteiger partial charge in [-0.3, -0.25) is 29.4 Å². The SMILES string of the molecule is O=C(CN1C(=O)S/C(=C\c2cccc([N+](=O)[O-])c2)C1=O)Nc1ccc(C(=O)O)cc1. The molecule has 0 aromatic heterocycles. The number of amides is 3. The summed E-state index contributed by atoms with van der Waals surface area (Å²) in [6.07, 6.45) is 1.35. The summed E-state index contributed by atoms with van der Waals surface area (Å²) in [7, 11) is 0. The van der Waals surface area contributed by atoms with Gasteiger partial charge in [0.2, 0.25) is 5.91 Å². The van der Waals surface area contributed by atoms with Crippen molar-refractivity contribution in [3.8, 4) is 0 Å². The van der Waals surface area contributed by atoms with Crippen molar-refractivity contribution in [2.75, 3.05) is 11.9 Å². The minimum Gasteiger partial charge on any atom is -0.478 e. The first-order valence-electron chi connectivity index (χ1n) is 8.37. The van der Waals surface area contributed by atoms with Crippen molar-refractivity contribution in [1.29, 1.82) is 0 Å². The van der Waals surface area contributed by atoms with E-state index in [0.717, 1.165) is 4.90 Å². The number of carboxylic acids is 1. The zero-order valence-electron chi connectivity index (χ0n) is 15.1. The fourth-order valence-corrected chi connectivity index (χ4v) is 3.39. The largest absolute Gasteiger partial charge is 0.478 e. The zero-order valence-corrected chi connectivity index (χ0v) is 15.9. The summed E-state index contributed by atoms with van der Waals surface area (Å²) in [5, 5.41) is 21.6. The molecule has 3 amide bonds. The Morgan fingerprint density at radius 3 is 2.50 bits per heavy atom. The third-order valence-electron chi connectivity index (χ3n) is 3.97. The second kappa shape index (κ2) is 8.57. The van der Waals surface area contributed by atoms with Crippen LogP contribution in [0.5, 0.6) is 0 Å². The van der Waals surface area contributed by atoms with Gasteiger partial charge >= 0.3 is 5.97 Å². The third-order valence-corrected chi connectivity index (χ3v) is 4.88. The number of non-ortho nitro benzene ring substituents is 1. The monoisotopic (exact) mass is 427 g/mol. The first-order valence-corrected chi connectivity index (χ1v) is 9.19. The predicted molar refractivity (Wildman–Crippen MR) is 108 cm³/mol. The fourth-order valence-electron chi connectivity index (χ4n) is 2.56. The molecule has 30 heavy (non-hydrogen) atoms. The van der Waals surface area contributed by atoms with Gasteiger partial charge in [-0.25, -0.2) is 4.79 Å². The van der Waals surface area contributed by atoms with Gasteiger partial charge in [0.1, 0.15) is 6.54 Å². The van der Waals surface area contributed by atoms with Crippen LogP contribution in [0.1, 0.15) is 15.9 Å². The highest BCUT2D eigenvalue weighted by Crippen LogP contribution is 2.32. The molecule has 2 aromatic rings. The van der Waals surface area contributed by atoms with Gasteiger partial charge in [0, 0.05) is 17.8 Å². The zero-order chi connectivity index (χ0) is 21.8. The number of benzene rings is 2. The lowest BCUT2D eigenvalue weighted by Gasteiger charge is -2.12. The van der Waals surface area contributed by atoms with Gasteiger partial charge in [0.25, 0.3) is 16.8 Å². The minimum atomic E-state index is -1.11. The van der Waals surface area contributed by atoms with E-state index in [0.29, 0.717) is 23.0 Å². The van der Waals surface area contributed by atoms with E-state index in [9.17, 15) is 29.3 Å². The number of rotatable bonds is 6. The van der Waals surface area contributed by atoms with Gasteiger partial charge < -0.3 is 10.4 Å². The van der Waals surface area contributed by atoms with Crippen LogP contribution in [0, 0.1) is 10.1 Å². The van der Waals surface area contributed by atoms with Crippen LogP contribution in [0.15, 0.2) is 53.4 Å². The quantitative estimate of drug-likeness (QED) is 0.406. The fraction of sp³-hybridized carbons (Fsp3) is 0.0526. The molecule has 0 spiro atoms. The number of carbonyl (C=O) groups is 4. The molecule has 10 nitrogen and oxygen atoms in total. The van der Waals surface area contributed by atoms with Crippen LogP contribution in [0.2, 0.25) is 0 Å². The molecule has 0 unspecified atom stereocenters. The number of hydrogen-bond donors (Lipinski definition) is 2. The Kier molecular flexibility index (Phi) is 5.93. The molecule has 1 fully saturated rings. The number of thioether (sulfide) groups is 1. The van der Waals surface area contributed by atoms with E-state index in [1.165, 1.54) is 48.5 Å².